The smallest absolute Gasteiger partial charge is 0.435 e. The van der Waals surface area contributed by atoms with E-state index in [4.69, 9.17) is 9.57 Å². The van der Waals surface area contributed by atoms with Crippen molar-refractivity contribution in [1.29, 1.82) is 0 Å². The number of hydrogen-bond donors (Lipinski definition) is 0. The van der Waals surface area contributed by atoms with E-state index >= 15 is 0 Å². The summed E-state index contributed by atoms with van der Waals surface area (Å²) in [6.07, 6.45) is 1.78. The molecule has 1 heterocycles. The molecule has 1 aromatic carbocycles. The first kappa shape index (κ1) is 14.6. The summed E-state index contributed by atoms with van der Waals surface area (Å²) in [5, 5.41) is 1.29. The van der Waals surface area contributed by atoms with Crippen LogP contribution in [-0.2, 0) is 9.57 Å². The zero-order chi connectivity index (χ0) is 14.8. The fraction of sp³-hybridized carbons (Fsp3) is 0.438. The largest absolute Gasteiger partial charge is 0.442 e. The summed E-state index contributed by atoms with van der Waals surface area (Å²) >= 11 is 0. The highest BCUT2D eigenvalue weighted by molar-refractivity contribution is 5.68. The number of hydroxylamine groups is 2. The lowest BCUT2D eigenvalue weighted by molar-refractivity contribution is -0.146. The fourth-order valence-corrected chi connectivity index (χ4v) is 2.12. The van der Waals surface area contributed by atoms with Gasteiger partial charge in [0.15, 0.2) is 0 Å². The Morgan fingerprint density at radius 2 is 2.05 bits per heavy atom. The van der Waals surface area contributed by atoms with E-state index in [0.717, 1.165) is 5.56 Å². The second-order valence-electron chi connectivity index (χ2n) is 5.85. The van der Waals surface area contributed by atoms with Gasteiger partial charge in [0.25, 0.3) is 0 Å². The summed E-state index contributed by atoms with van der Waals surface area (Å²) in [4.78, 5) is 17.9. The van der Waals surface area contributed by atoms with Crippen LogP contribution in [0.1, 0.15) is 38.9 Å². The third-order valence-corrected chi connectivity index (χ3v) is 3.01. The van der Waals surface area contributed by atoms with Crippen LogP contribution < -0.4 is 0 Å². The lowest BCUT2D eigenvalue weighted by Crippen LogP contribution is -2.38. The standard InChI is InChI=1S/C16H21NO3/c1-5-13-11-14(12-9-7-6-8-10-12)20-17(13)15(18)19-16(2,3)4/h5-10,13-14H,1,11H2,2-4H3/t13-,14-/m1/s1. The van der Waals surface area contributed by atoms with Crippen molar-refractivity contribution in [1.82, 2.24) is 5.06 Å². The number of amides is 1. The maximum Gasteiger partial charge on any atom is 0.435 e. The predicted octanol–water partition coefficient (Wildman–Crippen LogP) is 3.85. The van der Waals surface area contributed by atoms with E-state index < -0.39 is 11.7 Å². The average molecular weight is 275 g/mol. The van der Waals surface area contributed by atoms with Gasteiger partial charge in [-0.2, -0.15) is 5.06 Å². The molecule has 1 aliphatic rings. The lowest BCUT2D eigenvalue weighted by atomic mass is 10.0. The number of rotatable bonds is 2. The molecule has 0 aromatic heterocycles. The number of carbonyl (C=O) groups excluding carboxylic acids is 1. The van der Waals surface area contributed by atoms with Gasteiger partial charge < -0.3 is 4.74 Å². The second-order valence-corrected chi connectivity index (χ2v) is 5.85. The van der Waals surface area contributed by atoms with Crippen molar-refractivity contribution < 1.29 is 14.4 Å². The molecule has 4 nitrogen and oxygen atoms in total. The third kappa shape index (κ3) is 3.39. The molecule has 1 amide bonds. The number of benzene rings is 1. The first-order chi connectivity index (χ1) is 9.40. The molecular weight excluding hydrogens is 254 g/mol. The SMILES string of the molecule is C=C[C@@H]1C[C@H](c2ccccc2)ON1C(=O)OC(C)(C)C. The van der Waals surface area contributed by atoms with Gasteiger partial charge in [-0.25, -0.2) is 4.79 Å². The van der Waals surface area contributed by atoms with Crippen LogP contribution in [0, 0.1) is 0 Å². The van der Waals surface area contributed by atoms with Crippen molar-refractivity contribution in [3.05, 3.63) is 48.6 Å². The minimum Gasteiger partial charge on any atom is -0.442 e. The van der Waals surface area contributed by atoms with Crippen LogP contribution in [0.5, 0.6) is 0 Å². The van der Waals surface area contributed by atoms with E-state index in [0.29, 0.717) is 6.42 Å². The van der Waals surface area contributed by atoms with E-state index in [1.807, 2.05) is 51.1 Å². The Bertz CT molecular complexity index is 478. The molecule has 0 aliphatic carbocycles. The molecule has 0 saturated carbocycles. The van der Waals surface area contributed by atoms with Crippen LogP contribution in [0.2, 0.25) is 0 Å². The minimum absolute atomic E-state index is 0.147. The van der Waals surface area contributed by atoms with E-state index in [2.05, 4.69) is 6.58 Å². The molecule has 1 aliphatic heterocycles. The highest BCUT2D eigenvalue weighted by atomic mass is 16.7. The van der Waals surface area contributed by atoms with E-state index in [-0.39, 0.29) is 12.1 Å². The van der Waals surface area contributed by atoms with Crippen LogP contribution >= 0.6 is 0 Å². The summed E-state index contributed by atoms with van der Waals surface area (Å²) in [6, 6.07) is 9.67. The van der Waals surface area contributed by atoms with E-state index in [1.54, 1.807) is 6.08 Å². The van der Waals surface area contributed by atoms with Crippen LogP contribution in [0.3, 0.4) is 0 Å². The van der Waals surface area contributed by atoms with Gasteiger partial charge in [-0.15, -0.1) is 6.58 Å². The Labute approximate surface area is 119 Å². The first-order valence-electron chi connectivity index (χ1n) is 6.77. The van der Waals surface area contributed by atoms with Gasteiger partial charge in [-0.05, 0) is 26.3 Å². The van der Waals surface area contributed by atoms with Gasteiger partial charge in [-0.1, -0.05) is 36.4 Å². The Kier molecular flexibility index (Phi) is 4.14. The highest BCUT2D eigenvalue weighted by Crippen LogP contribution is 2.34. The van der Waals surface area contributed by atoms with Crippen molar-refractivity contribution >= 4 is 6.09 Å². The molecule has 0 N–H and O–H groups in total. The normalized spacial score (nSPS) is 22.6. The lowest BCUT2D eigenvalue weighted by Gasteiger charge is -2.26. The average Bonchev–Trinajstić information content (AvgIpc) is 2.82. The summed E-state index contributed by atoms with van der Waals surface area (Å²) < 4.78 is 5.35. The Hall–Kier alpha value is -1.81. The quantitative estimate of drug-likeness (QED) is 0.769. The molecule has 2 atom stereocenters. The van der Waals surface area contributed by atoms with Crippen LogP contribution in [0.25, 0.3) is 0 Å². The molecule has 1 saturated heterocycles. The van der Waals surface area contributed by atoms with Crippen LogP contribution in [0.15, 0.2) is 43.0 Å². The van der Waals surface area contributed by atoms with Crippen molar-refractivity contribution in [3.63, 3.8) is 0 Å². The molecule has 0 bridgehead atoms. The van der Waals surface area contributed by atoms with Gasteiger partial charge in [0, 0.05) is 6.42 Å². The van der Waals surface area contributed by atoms with E-state index in [1.165, 1.54) is 5.06 Å². The van der Waals surface area contributed by atoms with Crippen molar-refractivity contribution in [2.24, 2.45) is 0 Å². The summed E-state index contributed by atoms with van der Waals surface area (Å²) in [5.41, 5.74) is 0.502. The molecule has 1 fully saturated rings. The molecule has 108 valence electrons. The summed E-state index contributed by atoms with van der Waals surface area (Å²) in [6.45, 7) is 9.27. The molecular formula is C16H21NO3. The number of ether oxygens (including phenoxy) is 1. The Morgan fingerprint density at radius 3 is 2.60 bits per heavy atom. The van der Waals surface area contributed by atoms with Gasteiger partial charge in [0.2, 0.25) is 0 Å². The molecule has 0 radical (unpaired) electrons. The van der Waals surface area contributed by atoms with Crippen LogP contribution in [0.4, 0.5) is 4.79 Å². The summed E-state index contributed by atoms with van der Waals surface area (Å²) in [7, 11) is 0. The third-order valence-electron chi connectivity index (χ3n) is 3.01. The molecule has 20 heavy (non-hydrogen) atoms. The molecule has 4 heteroatoms. The summed E-state index contributed by atoms with van der Waals surface area (Å²) in [5.74, 6) is 0. The van der Waals surface area contributed by atoms with Gasteiger partial charge in [0.05, 0.1) is 6.04 Å². The van der Waals surface area contributed by atoms with Crippen molar-refractivity contribution in [3.8, 4) is 0 Å². The molecule has 0 spiro atoms. The molecule has 0 unspecified atom stereocenters. The topological polar surface area (TPSA) is 38.8 Å². The minimum atomic E-state index is -0.545. The number of carbonyl (C=O) groups is 1. The number of hydrogen-bond acceptors (Lipinski definition) is 3. The zero-order valence-corrected chi connectivity index (χ0v) is 12.2. The monoisotopic (exact) mass is 275 g/mol. The Balaban J connectivity index is 2.11. The van der Waals surface area contributed by atoms with Crippen molar-refractivity contribution in [2.45, 2.75) is 44.9 Å². The maximum absolute atomic E-state index is 12.1. The molecule has 1 aromatic rings. The van der Waals surface area contributed by atoms with Crippen LogP contribution in [-0.4, -0.2) is 22.8 Å². The first-order valence-corrected chi connectivity index (χ1v) is 6.77. The van der Waals surface area contributed by atoms with Gasteiger partial charge >= 0.3 is 6.09 Å². The van der Waals surface area contributed by atoms with E-state index in [9.17, 15) is 4.79 Å². The van der Waals surface area contributed by atoms with Gasteiger partial charge in [-0.3, -0.25) is 4.84 Å². The molecule has 2 rings (SSSR count). The highest BCUT2D eigenvalue weighted by Gasteiger charge is 2.38. The maximum atomic E-state index is 12.1. The number of nitrogens with zero attached hydrogens (tertiary/aromatic N) is 1. The fourth-order valence-electron chi connectivity index (χ4n) is 2.12. The van der Waals surface area contributed by atoms with Gasteiger partial charge in [0.1, 0.15) is 11.7 Å². The predicted molar refractivity (Wildman–Crippen MR) is 76.9 cm³/mol. The Morgan fingerprint density at radius 1 is 1.40 bits per heavy atom. The van der Waals surface area contributed by atoms with Crippen molar-refractivity contribution in [2.75, 3.05) is 0 Å². The second kappa shape index (κ2) is 5.67. The zero-order valence-electron chi connectivity index (χ0n) is 12.2.